The SMILES string of the molecule is CC(C)N(C)C(=O)c1cccc(-c2nc(N3CCOCC3)nc3c2CCN3c2cccnc2)c1. The lowest BCUT2D eigenvalue weighted by atomic mass is 10.0. The van der Waals surface area contributed by atoms with Crippen molar-refractivity contribution >= 4 is 23.4 Å². The zero-order valence-electron chi connectivity index (χ0n) is 19.9. The molecule has 2 aliphatic rings. The smallest absolute Gasteiger partial charge is 0.253 e. The molecule has 1 aromatic carbocycles. The highest BCUT2D eigenvalue weighted by Crippen LogP contribution is 2.39. The predicted octanol–water partition coefficient (Wildman–Crippen LogP) is 3.55. The molecule has 8 nitrogen and oxygen atoms in total. The highest BCUT2D eigenvalue weighted by molar-refractivity contribution is 5.95. The largest absolute Gasteiger partial charge is 0.378 e. The van der Waals surface area contributed by atoms with E-state index >= 15 is 0 Å². The van der Waals surface area contributed by atoms with Gasteiger partial charge in [-0.05, 0) is 44.5 Å². The number of hydrogen-bond acceptors (Lipinski definition) is 7. The van der Waals surface area contributed by atoms with Crippen LogP contribution in [0, 0.1) is 0 Å². The molecule has 5 rings (SSSR count). The number of amides is 1. The van der Waals surface area contributed by atoms with Gasteiger partial charge in [0.25, 0.3) is 5.91 Å². The molecule has 1 amide bonds. The molecule has 0 atom stereocenters. The number of pyridine rings is 1. The van der Waals surface area contributed by atoms with Gasteiger partial charge in [0, 0.05) is 55.6 Å². The molecule has 0 spiro atoms. The normalized spacial score (nSPS) is 15.5. The minimum Gasteiger partial charge on any atom is -0.378 e. The third-order valence-corrected chi connectivity index (χ3v) is 6.54. The number of hydrogen-bond donors (Lipinski definition) is 0. The second-order valence-corrected chi connectivity index (χ2v) is 8.98. The number of aromatic nitrogens is 3. The van der Waals surface area contributed by atoms with Crippen LogP contribution in [0.15, 0.2) is 48.8 Å². The van der Waals surface area contributed by atoms with Gasteiger partial charge in [-0.1, -0.05) is 12.1 Å². The van der Waals surface area contributed by atoms with Gasteiger partial charge in [0.2, 0.25) is 5.95 Å². The Balaban J connectivity index is 1.61. The van der Waals surface area contributed by atoms with Crippen LogP contribution in [-0.4, -0.2) is 71.7 Å². The number of ether oxygens (including phenoxy) is 1. The average Bonchev–Trinajstić information content (AvgIpc) is 3.32. The van der Waals surface area contributed by atoms with Crippen molar-refractivity contribution < 1.29 is 9.53 Å². The fourth-order valence-corrected chi connectivity index (χ4v) is 4.39. The van der Waals surface area contributed by atoms with Crippen molar-refractivity contribution in [1.82, 2.24) is 19.9 Å². The predicted molar refractivity (Wildman–Crippen MR) is 133 cm³/mol. The van der Waals surface area contributed by atoms with Crippen LogP contribution in [0.2, 0.25) is 0 Å². The maximum absolute atomic E-state index is 13.0. The molecular formula is C26H30N6O2. The Morgan fingerprint density at radius 3 is 2.65 bits per heavy atom. The first-order chi connectivity index (χ1) is 16.5. The van der Waals surface area contributed by atoms with E-state index in [0.29, 0.717) is 24.7 Å². The molecule has 0 unspecified atom stereocenters. The molecule has 0 aliphatic carbocycles. The molecule has 0 radical (unpaired) electrons. The van der Waals surface area contributed by atoms with E-state index in [1.165, 1.54) is 0 Å². The standard InChI is InChI=1S/C26H30N6O2/c1-18(2)30(3)25(33)20-7-4-6-19(16-20)23-22-9-11-32(21-8-5-10-27-17-21)24(22)29-26(28-23)31-12-14-34-15-13-31/h4-8,10,16-18H,9,11-15H2,1-3H3. The molecule has 2 aromatic heterocycles. The lowest BCUT2D eigenvalue weighted by Gasteiger charge is -2.28. The Labute approximate surface area is 200 Å². The maximum atomic E-state index is 13.0. The van der Waals surface area contributed by atoms with Gasteiger partial charge in [0.05, 0.1) is 30.8 Å². The summed E-state index contributed by atoms with van der Waals surface area (Å²) in [5.74, 6) is 1.62. The third kappa shape index (κ3) is 4.21. The van der Waals surface area contributed by atoms with Crippen LogP contribution in [-0.2, 0) is 11.2 Å². The van der Waals surface area contributed by atoms with Crippen molar-refractivity contribution in [2.75, 3.05) is 49.7 Å². The van der Waals surface area contributed by atoms with E-state index in [2.05, 4.69) is 20.9 Å². The second kappa shape index (κ2) is 9.38. The molecule has 176 valence electrons. The summed E-state index contributed by atoms with van der Waals surface area (Å²) in [6, 6.07) is 11.9. The van der Waals surface area contributed by atoms with Crippen LogP contribution < -0.4 is 9.80 Å². The molecule has 34 heavy (non-hydrogen) atoms. The molecule has 0 N–H and O–H groups in total. The number of carbonyl (C=O) groups excluding carboxylic acids is 1. The van der Waals surface area contributed by atoms with E-state index < -0.39 is 0 Å². The van der Waals surface area contributed by atoms with Crippen LogP contribution >= 0.6 is 0 Å². The maximum Gasteiger partial charge on any atom is 0.253 e. The van der Waals surface area contributed by atoms with Gasteiger partial charge < -0.3 is 19.4 Å². The van der Waals surface area contributed by atoms with Gasteiger partial charge in [-0.15, -0.1) is 0 Å². The molecule has 4 heterocycles. The fraction of sp³-hybridized carbons (Fsp3) is 0.385. The Hall–Kier alpha value is -3.52. The first-order valence-corrected chi connectivity index (χ1v) is 11.8. The van der Waals surface area contributed by atoms with Gasteiger partial charge in [0.1, 0.15) is 5.82 Å². The third-order valence-electron chi connectivity index (χ3n) is 6.54. The van der Waals surface area contributed by atoms with E-state index in [4.69, 9.17) is 14.7 Å². The van der Waals surface area contributed by atoms with Crippen LogP contribution in [0.1, 0.15) is 29.8 Å². The van der Waals surface area contributed by atoms with Crippen LogP contribution in [0.25, 0.3) is 11.3 Å². The molecule has 1 fully saturated rings. The number of fused-ring (bicyclic) bond motifs is 1. The number of morpholine rings is 1. The van der Waals surface area contributed by atoms with Gasteiger partial charge in [-0.25, -0.2) is 4.98 Å². The molecular weight excluding hydrogens is 428 g/mol. The summed E-state index contributed by atoms with van der Waals surface area (Å²) in [6.45, 7) is 7.66. The monoisotopic (exact) mass is 458 g/mol. The van der Waals surface area contributed by atoms with Crippen molar-refractivity contribution in [1.29, 1.82) is 0 Å². The summed E-state index contributed by atoms with van der Waals surface area (Å²) in [4.78, 5) is 33.5. The first-order valence-electron chi connectivity index (χ1n) is 11.8. The Morgan fingerprint density at radius 1 is 1.09 bits per heavy atom. The quantitative estimate of drug-likeness (QED) is 0.579. The van der Waals surface area contributed by atoms with Crippen LogP contribution in [0.3, 0.4) is 0 Å². The first kappa shape index (κ1) is 22.3. The fourth-order valence-electron chi connectivity index (χ4n) is 4.39. The number of anilines is 3. The highest BCUT2D eigenvalue weighted by atomic mass is 16.5. The summed E-state index contributed by atoms with van der Waals surface area (Å²) in [7, 11) is 1.84. The number of nitrogens with zero attached hydrogens (tertiary/aromatic N) is 6. The summed E-state index contributed by atoms with van der Waals surface area (Å²) in [5.41, 5.74) is 4.60. The van der Waals surface area contributed by atoms with Crippen molar-refractivity contribution in [2.45, 2.75) is 26.3 Å². The van der Waals surface area contributed by atoms with Crippen molar-refractivity contribution in [3.05, 3.63) is 59.9 Å². The lowest BCUT2D eigenvalue weighted by Crippen LogP contribution is -2.37. The number of carbonyl (C=O) groups is 1. The zero-order valence-corrected chi connectivity index (χ0v) is 19.9. The molecule has 0 saturated carbocycles. The zero-order chi connectivity index (χ0) is 23.7. The van der Waals surface area contributed by atoms with Crippen molar-refractivity contribution in [2.24, 2.45) is 0 Å². The van der Waals surface area contributed by atoms with E-state index in [1.54, 1.807) is 11.1 Å². The molecule has 1 saturated heterocycles. The Bertz CT molecular complexity index is 1180. The second-order valence-electron chi connectivity index (χ2n) is 8.98. The average molecular weight is 459 g/mol. The van der Waals surface area contributed by atoms with E-state index in [1.807, 2.05) is 57.4 Å². The van der Waals surface area contributed by atoms with E-state index in [-0.39, 0.29) is 11.9 Å². The van der Waals surface area contributed by atoms with Crippen molar-refractivity contribution in [3.63, 3.8) is 0 Å². The summed E-state index contributed by atoms with van der Waals surface area (Å²) >= 11 is 0. The van der Waals surface area contributed by atoms with Crippen LogP contribution in [0.5, 0.6) is 0 Å². The van der Waals surface area contributed by atoms with Gasteiger partial charge >= 0.3 is 0 Å². The van der Waals surface area contributed by atoms with E-state index in [0.717, 1.165) is 54.4 Å². The Morgan fingerprint density at radius 2 is 1.91 bits per heavy atom. The number of rotatable bonds is 5. The van der Waals surface area contributed by atoms with Gasteiger partial charge in [-0.3, -0.25) is 9.78 Å². The van der Waals surface area contributed by atoms with Gasteiger partial charge in [0.15, 0.2) is 0 Å². The topological polar surface area (TPSA) is 74.7 Å². The summed E-state index contributed by atoms with van der Waals surface area (Å²) in [6.07, 6.45) is 4.47. The lowest BCUT2D eigenvalue weighted by molar-refractivity contribution is 0.0755. The summed E-state index contributed by atoms with van der Waals surface area (Å²) < 4.78 is 5.54. The molecule has 2 aliphatic heterocycles. The summed E-state index contributed by atoms with van der Waals surface area (Å²) in [5, 5.41) is 0. The van der Waals surface area contributed by atoms with Gasteiger partial charge in [-0.2, -0.15) is 4.98 Å². The minimum atomic E-state index is 0.00735. The highest BCUT2D eigenvalue weighted by Gasteiger charge is 2.29. The molecule has 0 bridgehead atoms. The van der Waals surface area contributed by atoms with E-state index in [9.17, 15) is 4.79 Å². The molecule has 8 heteroatoms. The van der Waals surface area contributed by atoms with Crippen LogP contribution in [0.4, 0.5) is 17.5 Å². The minimum absolute atomic E-state index is 0.00735. The Kier molecular flexibility index (Phi) is 6.15. The molecule has 3 aromatic rings. The van der Waals surface area contributed by atoms with Crippen molar-refractivity contribution in [3.8, 4) is 11.3 Å². The number of benzene rings is 1.